The Labute approximate surface area is 158 Å². The summed E-state index contributed by atoms with van der Waals surface area (Å²) in [6, 6.07) is 0. The van der Waals surface area contributed by atoms with E-state index < -0.39 is 11.7 Å². The largest absolute Gasteiger partial charge is 0.465 e. The number of carbonyl (C=O) groups is 1. The minimum atomic E-state index is -0.925. The van der Waals surface area contributed by atoms with Crippen LogP contribution in [-0.4, -0.2) is 34.5 Å². The van der Waals surface area contributed by atoms with Crippen LogP contribution in [0.3, 0.4) is 0 Å². The molecule has 0 aromatic rings. The first-order valence-corrected chi connectivity index (χ1v) is 9.80. The monoisotopic (exact) mass is 364 g/mol. The molecule has 0 aromatic heterocycles. The van der Waals surface area contributed by atoms with Crippen LogP contribution in [0.15, 0.2) is 24.8 Å². The van der Waals surface area contributed by atoms with Gasteiger partial charge in [-0.05, 0) is 49.9 Å². The Morgan fingerprint density at radius 1 is 1.31 bits per heavy atom. The number of aliphatic hydroxyl groups excluding tert-OH is 1. The summed E-state index contributed by atoms with van der Waals surface area (Å²) in [6.07, 6.45) is 6.04. The zero-order chi connectivity index (χ0) is 19.8. The third kappa shape index (κ3) is 3.91. The molecule has 0 unspecified atom stereocenters. The molecular formula is C22H36O4. The Balaban J connectivity index is 2.36. The highest BCUT2D eigenvalue weighted by Crippen LogP contribution is 2.63. The van der Waals surface area contributed by atoms with Crippen molar-refractivity contribution in [2.24, 2.45) is 22.7 Å². The lowest BCUT2D eigenvalue weighted by Gasteiger charge is -2.63. The van der Waals surface area contributed by atoms with Crippen LogP contribution in [-0.2, 0) is 9.53 Å². The van der Waals surface area contributed by atoms with E-state index in [4.69, 9.17) is 4.74 Å². The molecule has 2 saturated carbocycles. The van der Waals surface area contributed by atoms with Crippen molar-refractivity contribution in [2.75, 3.05) is 6.61 Å². The summed E-state index contributed by atoms with van der Waals surface area (Å²) in [5.74, 6) is -0.239. The summed E-state index contributed by atoms with van der Waals surface area (Å²) in [5.41, 5.74) is -0.435. The second kappa shape index (κ2) is 7.47. The maximum Gasteiger partial charge on any atom is 0.302 e. The van der Waals surface area contributed by atoms with Crippen molar-refractivity contribution in [1.29, 1.82) is 0 Å². The normalized spacial score (nSPS) is 42.6. The number of aliphatic hydroxyl groups is 2. The number of esters is 1. The summed E-state index contributed by atoms with van der Waals surface area (Å²) in [4.78, 5) is 11.4. The highest BCUT2D eigenvalue weighted by molar-refractivity contribution is 5.65. The van der Waals surface area contributed by atoms with E-state index in [2.05, 4.69) is 27.0 Å². The zero-order valence-electron chi connectivity index (χ0n) is 16.9. The number of fused-ring (bicyclic) bond motifs is 1. The quantitative estimate of drug-likeness (QED) is 0.552. The third-order valence-electron chi connectivity index (χ3n) is 7.13. The lowest BCUT2D eigenvalue weighted by molar-refractivity contribution is -0.225. The van der Waals surface area contributed by atoms with Crippen molar-refractivity contribution in [3.05, 3.63) is 24.8 Å². The Bertz CT molecular complexity index is 566. The molecule has 0 heterocycles. The van der Waals surface area contributed by atoms with Crippen molar-refractivity contribution in [3.63, 3.8) is 0 Å². The van der Waals surface area contributed by atoms with Gasteiger partial charge in [0.1, 0.15) is 0 Å². The van der Waals surface area contributed by atoms with Gasteiger partial charge >= 0.3 is 5.97 Å². The molecule has 4 heteroatoms. The fourth-order valence-electron chi connectivity index (χ4n) is 6.17. The molecule has 4 nitrogen and oxygen atoms in total. The minimum Gasteiger partial charge on any atom is -0.465 e. The maximum atomic E-state index is 11.4. The standard InChI is InChI=1S/C22H36O4/c1-7-15(2)9-10-18-21(5)12-8-11-20(4,14-26-16(3)23)19(21)17(24)13-22(18,6)25/h7,17-19,24-25H,1-2,8-14H2,3-6H3/t17-,18-,19-,20-,21+,22+/m1/s1. The maximum absolute atomic E-state index is 11.4. The summed E-state index contributed by atoms with van der Waals surface area (Å²) >= 11 is 0. The summed E-state index contributed by atoms with van der Waals surface area (Å²) < 4.78 is 5.39. The highest BCUT2D eigenvalue weighted by atomic mass is 16.5. The topological polar surface area (TPSA) is 66.8 Å². The van der Waals surface area contributed by atoms with Crippen molar-refractivity contribution in [2.45, 2.75) is 77.9 Å². The van der Waals surface area contributed by atoms with Gasteiger partial charge in [0.05, 0.1) is 18.3 Å². The van der Waals surface area contributed by atoms with Crippen LogP contribution in [0.1, 0.15) is 66.2 Å². The molecule has 0 radical (unpaired) electrons. The van der Waals surface area contributed by atoms with Gasteiger partial charge in [-0.25, -0.2) is 0 Å². The molecule has 0 spiro atoms. The van der Waals surface area contributed by atoms with E-state index in [9.17, 15) is 15.0 Å². The molecule has 0 aliphatic heterocycles. The van der Waals surface area contributed by atoms with Crippen LogP contribution in [0.25, 0.3) is 0 Å². The lowest BCUT2D eigenvalue weighted by atomic mass is 9.44. The van der Waals surface area contributed by atoms with Crippen LogP contribution in [0.2, 0.25) is 0 Å². The predicted molar refractivity (Wildman–Crippen MR) is 103 cm³/mol. The Morgan fingerprint density at radius 2 is 1.96 bits per heavy atom. The lowest BCUT2D eigenvalue weighted by Crippen LogP contribution is -2.64. The van der Waals surface area contributed by atoms with Gasteiger partial charge in [-0.15, -0.1) is 0 Å². The number of hydrogen-bond donors (Lipinski definition) is 2. The molecule has 0 amide bonds. The van der Waals surface area contributed by atoms with Gasteiger partial charge < -0.3 is 14.9 Å². The molecular weight excluding hydrogens is 328 g/mol. The van der Waals surface area contributed by atoms with Gasteiger partial charge in [0, 0.05) is 18.8 Å². The molecule has 26 heavy (non-hydrogen) atoms. The molecule has 0 saturated heterocycles. The van der Waals surface area contributed by atoms with E-state index in [1.807, 2.05) is 6.92 Å². The SMILES string of the molecule is C=CC(=C)CC[C@@H]1[C@]2(C)CCC[C@](C)(COC(C)=O)[C@H]2[C@H](O)C[C@]1(C)O. The zero-order valence-corrected chi connectivity index (χ0v) is 16.9. The van der Waals surface area contributed by atoms with Gasteiger partial charge in [0.25, 0.3) is 0 Å². The van der Waals surface area contributed by atoms with E-state index in [0.717, 1.165) is 37.7 Å². The smallest absolute Gasteiger partial charge is 0.302 e. The van der Waals surface area contributed by atoms with Crippen LogP contribution >= 0.6 is 0 Å². The summed E-state index contributed by atoms with van der Waals surface area (Å²) in [6.45, 7) is 15.8. The fourth-order valence-corrected chi connectivity index (χ4v) is 6.17. The average molecular weight is 365 g/mol. The van der Waals surface area contributed by atoms with E-state index in [1.54, 1.807) is 6.08 Å². The molecule has 148 valence electrons. The Hall–Kier alpha value is -1.13. The molecule has 2 rings (SSSR count). The average Bonchev–Trinajstić information content (AvgIpc) is 2.50. The van der Waals surface area contributed by atoms with Crippen molar-refractivity contribution in [3.8, 4) is 0 Å². The first-order chi connectivity index (χ1) is 12.0. The summed E-state index contributed by atoms with van der Waals surface area (Å²) in [7, 11) is 0. The minimum absolute atomic E-state index is 0.00896. The number of allylic oxidation sites excluding steroid dienone is 2. The predicted octanol–water partition coefficient (Wildman–Crippen LogP) is 4.02. The first kappa shape index (κ1) is 21.2. The number of hydrogen-bond acceptors (Lipinski definition) is 4. The van der Waals surface area contributed by atoms with Crippen molar-refractivity contribution < 1.29 is 19.7 Å². The highest BCUT2D eigenvalue weighted by Gasteiger charge is 2.62. The number of carbonyl (C=O) groups excluding carboxylic acids is 1. The van der Waals surface area contributed by atoms with Crippen LogP contribution < -0.4 is 0 Å². The van der Waals surface area contributed by atoms with Crippen molar-refractivity contribution in [1.82, 2.24) is 0 Å². The molecule has 2 fully saturated rings. The van der Waals surface area contributed by atoms with Gasteiger partial charge in [-0.3, -0.25) is 4.79 Å². The molecule has 6 atom stereocenters. The second-order valence-corrected chi connectivity index (χ2v) is 9.35. The third-order valence-corrected chi connectivity index (χ3v) is 7.13. The van der Waals surface area contributed by atoms with Crippen LogP contribution in [0.5, 0.6) is 0 Å². The van der Waals surface area contributed by atoms with Gasteiger partial charge in [-0.1, -0.05) is 45.1 Å². The molecule has 2 aliphatic carbocycles. The fraction of sp³-hybridized carbons (Fsp3) is 0.773. The van der Waals surface area contributed by atoms with Crippen LogP contribution in [0.4, 0.5) is 0 Å². The molecule has 0 aromatic carbocycles. The second-order valence-electron chi connectivity index (χ2n) is 9.35. The van der Waals surface area contributed by atoms with Crippen LogP contribution in [0, 0.1) is 22.7 Å². The Kier molecular flexibility index (Phi) is 6.09. The molecule has 0 bridgehead atoms. The van der Waals surface area contributed by atoms with E-state index in [0.29, 0.717) is 13.0 Å². The van der Waals surface area contributed by atoms with E-state index in [1.165, 1.54) is 6.92 Å². The molecule has 2 N–H and O–H groups in total. The molecule has 2 aliphatic rings. The number of rotatable bonds is 6. The van der Waals surface area contributed by atoms with Gasteiger partial charge in [0.2, 0.25) is 0 Å². The van der Waals surface area contributed by atoms with Gasteiger partial charge in [0.15, 0.2) is 0 Å². The summed E-state index contributed by atoms with van der Waals surface area (Å²) in [5, 5.41) is 22.2. The Morgan fingerprint density at radius 3 is 2.54 bits per heavy atom. The van der Waals surface area contributed by atoms with E-state index >= 15 is 0 Å². The first-order valence-electron chi connectivity index (χ1n) is 9.80. The van der Waals surface area contributed by atoms with E-state index in [-0.39, 0.29) is 28.6 Å². The van der Waals surface area contributed by atoms with Gasteiger partial charge in [-0.2, -0.15) is 0 Å². The van der Waals surface area contributed by atoms with Crippen molar-refractivity contribution >= 4 is 5.97 Å². The number of ether oxygens (including phenoxy) is 1.